The number of nitro groups is 1. The van der Waals surface area contributed by atoms with Crippen LogP contribution in [0.1, 0.15) is 23.7 Å². The number of ether oxygens (including phenoxy) is 1. The van der Waals surface area contributed by atoms with Gasteiger partial charge in [-0.15, -0.1) is 0 Å². The predicted octanol–water partition coefficient (Wildman–Crippen LogP) is 2.50. The van der Waals surface area contributed by atoms with E-state index in [1.54, 1.807) is 4.90 Å². The van der Waals surface area contributed by atoms with E-state index in [1.165, 1.54) is 18.2 Å². The van der Waals surface area contributed by atoms with E-state index in [2.05, 4.69) is 0 Å². The highest BCUT2D eigenvalue weighted by Gasteiger charge is 2.24. The zero-order valence-electron chi connectivity index (χ0n) is 11.0. The molecule has 0 N–H and O–H groups in total. The first kappa shape index (κ1) is 14.7. The maximum atomic E-state index is 12.5. The van der Waals surface area contributed by atoms with Crippen molar-refractivity contribution in [2.75, 3.05) is 19.7 Å². The Morgan fingerprint density at radius 3 is 3.00 bits per heavy atom. The SMILES string of the molecule is CC1CN(C(=O)c2cc([N+](=O)[O-])ccc2Cl)CCCO1. The van der Waals surface area contributed by atoms with Crippen molar-refractivity contribution in [3.63, 3.8) is 0 Å². The summed E-state index contributed by atoms with van der Waals surface area (Å²) in [5.74, 6) is -0.295. The molecule has 108 valence electrons. The van der Waals surface area contributed by atoms with Crippen LogP contribution < -0.4 is 0 Å². The van der Waals surface area contributed by atoms with E-state index >= 15 is 0 Å². The molecule has 1 aromatic carbocycles. The average molecular weight is 299 g/mol. The van der Waals surface area contributed by atoms with Gasteiger partial charge in [-0.05, 0) is 19.4 Å². The molecule has 1 amide bonds. The number of amides is 1. The van der Waals surface area contributed by atoms with E-state index in [-0.39, 0.29) is 28.3 Å². The fourth-order valence-corrected chi connectivity index (χ4v) is 2.34. The molecule has 6 nitrogen and oxygen atoms in total. The zero-order chi connectivity index (χ0) is 14.7. The minimum atomic E-state index is -0.540. The van der Waals surface area contributed by atoms with Gasteiger partial charge < -0.3 is 9.64 Å². The second-order valence-electron chi connectivity index (χ2n) is 4.71. The summed E-state index contributed by atoms with van der Waals surface area (Å²) in [5, 5.41) is 11.0. The first-order valence-electron chi connectivity index (χ1n) is 6.34. The summed E-state index contributed by atoms with van der Waals surface area (Å²) >= 11 is 5.99. The second-order valence-corrected chi connectivity index (χ2v) is 5.11. The Kier molecular flexibility index (Phi) is 4.57. The average Bonchev–Trinajstić information content (AvgIpc) is 2.63. The van der Waals surface area contributed by atoms with Crippen LogP contribution in [-0.2, 0) is 4.74 Å². The van der Waals surface area contributed by atoms with Gasteiger partial charge in [0.15, 0.2) is 0 Å². The third-order valence-corrected chi connectivity index (χ3v) is 3.46. The van der Waals surface area contributed by atoms with E-state index in [4.69, 9.17) is 16.3 Å². The van der Waals surface area contributed by atoms with Crippen LogP contribution in [0.4, 0.5) is 5.69 Å². The molecule has 0 radical (unpaired) electrons. The van der Waals surface area contributed by atoms with Crippen LogP contribution in [0.15, 0.2) is 18.2 Å². The van der Waals surface area contributed by atoms with Gasteiger partial charge in [-0.1, -0.05) is 11.6 Å². The first-order chi connectivity index (χ1) is 9.49. The van der Waals surface area contributed by atoms with Crippen LogP contribution in [-0.4, -0.2) is 41.5 Å². The highest BCUT2D eigenvalue weighted by molar-refractivity contribution is 6.33. The molecular weight excluding hydrogens is 284 g/mol. The van der Waals surface area contributed by atoms with Gasteiger partial charge >= 0.3 is 0 Å². The fourth-order valence-electron chi connectivity index (χ4n) is 2.14. The molecule has 0 bridgehead atoms. The number of hydrogen-bond donors (Lipinski definition) is 0. The van der Waals surface area contributed by atoms with Crippen LogP contribution in [0.3, 0.4) is 0 Å². The van der Waals surface area contributed by atoms with Crippen LogP contribution in [0.5, 0.6) is 0 Å². The van der Waals surface area contributed by atoms with Gasteiger partial charge in [0.25, 0.3) is 11.6 Å². The van der Waals surface area contributed by atoms with E-state index in [9.17, 15) is 14.9 Å². The molecule has 1 aliphatic rings. The van der Waals surface area contributed by atoms with Gasteiger partial charge in [-0.2, -0.15) is 0 Å². The molecule has 1 fully saturated rings. The Bertz CT molecular complexity index is 535. The van der Waals surface area contributed by atoms with Crippen molar-refractivity contribution >= 4 is 23.2 Å². The largest absolute Gasteiger partial charge is 0.377 e. The lowest BCUT2D eigenvalue weighted by molar-refractivity contribution is -0.384. The van der Waals surface area contributed by atoms with Crippen molar-refractivity contribution in [2.45, 2.75) is 19.4 Å². The van der Waals surface area contributed by atoms with Gasteiger partial charge in [0.1, 0.15) is 0 Å². The van der Waals surface area contributed by atoms with Crippen molar-refractivity contribution in [1.29, 1.82) is 0 Å². The quantitative estimate of drug-likeness (QED) is 0.621. The summed E-state index contributed by atoms with van der Waals surface area (Å²) in [5.41, 5.74) is 0.0202. The maximum absolute atomic E-state index is 12.5. The van der Waals surface area contributed by atoms with E-state index in [1.807, 2.05) is 6.92 Å². The summed E-state index contributed by atoms with van der Waals surface area (Å²) in [6.07, 6.45) is 0.682. The van der Waals surface area contributed by atoms with Gasteiger partial charge in [0.2, 0.25) is 0 Å². The van der Waals surface area contributed by atoms with Gasteiger partial charge in [-0.25, -0.2) is 0 Å². The molecule has 0 aliphatic carbocycles. The smallest absolute Gasteiger partial charge is 0.270 e. The molecule has 1 heterocycles. The molecule has 0 saturated carbocycles. The van der Waals surface area contributed by atoms with Crippen molar-refractivity contribution < 1.29 is 14.5 Å². The zero-order valence-corrected chi connectivity index (χ0v) is 11.8. The highest BCUT2D eigenvalue weighted by atomic mass is 35.5. The molecule has 1 atom stereocenters. The summed E-state index contributed by atoms with van der Waals surface area (Å²) in [4.78, 5) is 24.3. The molecule has 2 rings (SSSR count). The van der Waals surface area contributed by atoms with Gasteiger partial charge in [-0.3, -0.25) is 14.9 Å². The Labute approximate surface area is 121 Å². The predicted molar refractivity (Wildman–Crippen MR) is 74.0 cm³/mol. The van der Waals surface area contributed by atoms with Crippen molar-refractivity contribution in [3.05, 3.63) is 38.9 Å². The number of carbonyl (C=O) groups is 1. The first-order valence-corrected chi connectivity index (χ1v) is 6.71. The minimum Gasteiger partial charge on any atom is -0.377 e. The van der Waals surface area contributed by atoms with Crippen LogP contribution in [0, 0.1) is 10.1 Å². The molecule has 0 aromatic heterocycles. The highest BCUT2D eigenvalue weighted by Crippen LogP contribution is 2.24. The van der Waals surface area contributed by atoms with Gasteiger partial charge in [0, 0.05) is 31.8 Å². The summed E-state index contributed by atoms with van der Waals surface area (Å²) in [6.45, 7) is 3.51. The van der Waals surface area contributed by atoms with Crippen molar-refractivity contribution in [2.24, 2.45) is 0 Å². The second kappa shape index (κ2) is 6.19. The third kappa shape index (κ3) is 3.26. The van der Waals surface area contributed by atoms with E-state index in [0.29, 0.717) is 19.7 Å². The molecule has 0 spiro atoms. The van der Waals surface area contributed by atoms with Crippen LogP contribution in [0.2, 0.25) is 5.02 Å². The molecule has 7 heteroatoms. The Hall–Kier alpha value is -1.66. The van der Waals surface area contributed by atoms with Gasteiger partial charge in [0.05, 0.1) is 21.6 Å². The van der Waals surface area contributed by atoms with Crippen molar-refractivity contribution in [3.8, 4) is 0 Å². The number of nitro benzene ring substituents is 1. The van der Waals surface area contributed by atoms with Crippen molar-refractivity contribution in [1.82, 2.24) is 4.90 Å². The van der Waals surface area contributed by atoms with Crippen LogP contribution in [0.25, 0.3) is 0 Å². The monoisotopic (exact) mass is 298 g/mol. The third-order valence-electron chi connectivity index (χ3n) is 3.13. The molecular formula is C13H15ClN2O4. The number of rotatable bonds is 2. The lowest BCUT2D eigenvalue weighted by Gasteiger charge is -2.22. The normalized spacial score (nSPS) is 19.5. The number of carbonyl (C=O) groups excluding carboxylic acids is 1. The fraction of sp³-hybridized carbons (Fsp3) is 0.462. The lowest BCUT2D eigenvalue weighted by atomic mass is 10.1. The molecule has 20 heavy (non-hydrogen) atoms. The van der Waals surface area contributed by atoms with E-state index in [0.717, 1.165) is 6.42 Å². The summed E-state index contributed by atoms with van der Waals surface area (Å²) < 4.78 is 5.48. The Morgan fingerprint density at radius 1 is 1.55 bits per heavy atom. The molecule has 1 unspecified atom stereocenters. The topological polar surface area (TPSA) is 72.7 Å². The summed E-state index contributed by atoms with van der Waals surface area (Å²) in [7, 11) is 0. The van der Waals surface area contributed by atoms with E-state index < -0.39 is 4.92 Å². The number of nitrogens with zero attached hydrogens (tertiary/aromatic N) is 2. The number of non-ortho nitro benzene ring substituents is 1. The number of hydrogen-bond acceptors (Lipinski definition) is 4. The lowest BCUT2D eigenvalue weighted by Crippen LogP contribution is -2.36. The summed E-state index contributed by atoms with van der Waals surface area (Å²) in [6, 6.07) is 3.89. The molecule has 1 aromatic rings. The Morgan fingerprint density at radius 2 is 2.30 bits per heavy atom. The Balaban J connectivity index is 2.27. The molecule has 1 aliphatic heterocycles. The van der Waals surface area contributed by atoms with Crippen LogP contribution >= 0.6 is 11.6 Å². The number of benzene rings is 1. The number of halogens is 1. The maximum Gasteiger partial charge on any atom is 0.270 e. The minimum absolute atomic E-state index is 0.0566. The standard InChI is InChI=1S/C13H15ClN2O4/c1-9-8-15(5-2-6-20-9)13(17)11-7-10(16(18)19)3-4-12(11)14/h3-4,7,9H,2,5-6,8H2,1H3. The molecule has 1 saturated heterocycles.